The zero-order valence-electron chi connectivity index (χ0n) is 10.3. The SMILES string of the molecule is CCCCCCCc1ccc(OC(=O)O)cc1. The lowest BCUT2D eigenvalue weighted by atomic mass is 10.1. The molecule has 3 nitrogen and oxygen atoms in total. The van der Waals surface area contributed by atoms with Crippen molar-refractivity contribution in [2.45, 2.75) is 45.4 Å². The number of rotatable bonds is 7. The van der Waals surface area contributed by atoms with E-state index in [4.69, 9.17) is 5.11 Å². The van der Waals surface area contributed by atoms with Crippen molar-refractivity contribution in [3.63, 3.8) is 0 Å². The fourth-order valence-corrected chi connectivity index (χ4v) is 1.76. The van der Waals surface area contributed by atoms with Crippen LogP contribution < -0.4 is 4.74 Å². The molecule has 0 amide bonds. The van der Waals surface area contributed by atoms with Crippen LogP contribution in [0.2, 0.25) is 0 Å². The maximum absolute atomic E-state index is 10.3. The Morgan fingerprint density at radius 3 is 2.35 bits per heavy atom. The summed E-state index contributed by atoms with van der Waals surface area (Å²) in [6, 6.07) is 7.27. The second kappa shape index (κ2) is 7.71. The normalized spacial score (nSPS) is 10.2. The molecule has 0 aromatic heterocycles. The lowest BCUT2D eigenvalue weighted by Crippen LogP contribution is -2.02. The molecule has 1 N–H and O–H groups in total. The van der Waals surface area contributed by atoms with Gasteiger partial charge in [-0.3, -0.25) is 0 Å². The van der Waals surface area contributed by atoms with Gasteiger partial charge >= 0.3 is 6.16 Å². The minimum absolute atomic E-state index is 0.382. The van der Waals surface area contributed by atoms with E-state index in [-0.39, 0.29) is 0 Å². The molecule has 0 aliphatic heterocycles. The average Bonchev–Trinajstić information content (AvgIpc) is 2.30. The van der Waals surface area contributed by atoms with Crippen molar-refractivity contribution in [3.8, 4) is 5.75 Å². The molecule has 0 bridgehead atoms. The summed E-state index contributed by atoms with van der Waals surface area (Å²) in [5, 5.41) is 8.44. The van der Waals surface area contributed by atoms with Crippen molar-refractivity contribution < 1.29 is 14.6 Å². The Bertz CT molecular complexity index is 330. The predicted molar refractivity (Wildman–Crippen MR) is 67.6 cm³/mol. The highest BCUT2D eigenvalue weighted by Crippen LogP contribution is 2.14. The Kier molecular flexibility index (Phi) is 6.15. The zero-order valence-corrected chi connectivity index (χ0v) is 10.3. The molecule has 0 fully saturated rings. The van der Waals surface area contributed by atoms with Crippen LogP contribution in [0.1, 0.15) is 44.6 Å². The first-order chi connectivity index (χ1) is 8.22. The maximum Gasteiger partial charge on any atom is 0.511 e. The van der Waals surface area contributed by atoms with Crippen LogP contribution in [0, 0.1) is 0 Å². The second-order valence-corrected chi connectivity index (χ2v) is 4.18. The quantitative estimate of drug-likeness (QED) is 0.437. The van der Waals surface area contributed by atoms with Gasteiger partial charge in [0.1, 0.15) is 5.75 Å². The van der Waals surface area contributed by atoms with Gasteiger partial charge in [-0.2, -0.15) is 0 Å². The van der Waals surface area contributed by atoms with Crippen LogP contribution in [0.5, 0.6) is 5.75 Å². The lowest BCUT2D eigenvalue weighted by molar-refractivity contribution is 0.144. The van der Waals surface area contributed by atoms with Crippen molar-refractivity contribution in [1.82, 2.24) is 0 Å². The molecule has 3 heteroatoms. The molecule has 0 atom stereocenters. The molecule has 0 spiro atoms. The highest BCUT2D eigenvalue weighted by atomic mass is 16.7. The van der Waals surface area contributed by atoms with Crippen molar-refractivity contribution in [2.24, 2.45) is 0 Å². The van der Waals surface area contributed by atoms with Gasteiger partial charge in [0.2, 0.25) is 0 Å². The molecule has 1 rings (SSSR count). The minimum Gasteiger partial charge on any atom is -0.449 e. The first-order valence-electron chi connectivity index (χ1n) is 6.22. The number of hydrogen-bond acceptors (Lipinski definition) is 2. The van der Waals surface area contributed by atoms with Gasteiger partial charge in [-0.1, -0.05) is 44.7 Å². The highest BCUT2D eigenvalue weighted by Gasteiger charge is 2.00. The predicted octanol–water partition coefficient (Wildman–Crippen LogP) is 4.26. The standard InChI is InChI=1S/C14H20O3/c1-2-3-4-5-6-7-12-8-10-13(11-9-12)17-14(15)16/h8-11H,2-7H2,1H3,(H,15,16). The number of carbonyl (C=O) groups is 1. The molecular formula is C14H20O3. The van der Waals surface area contributed by atoms with Gasteiger partial charge in [-0.05, 0) is 30.5 Å². The highest BCUT2D eigenvalue weighted by molar-refractivity contribution is 5.61. The van der Waals surface area contributed by atoms with E-state index >= 15 is 0 Å². The van der Waals surface area contributed by atoms with E-state index in [0.717, 1.165) is 6.42 Å². The van der Waals surface area contributed by atoms with Crippen molar-refractivity contribution in [3.05, 3.63) is 29.8 Å². The van der Waals surface area contributed by atoms with Crippen molar-refractivity contribution in [2.75, 3.05) is 0 Å². The number of unbranched alkanes of at least 4 members (excludes halogenated alkanes) is 4. The molecule has 0 aliphatic carbocycles. The van der Waals surface area contributed by atoms with Gasteiger partial charge in [0.15, 0.2) is 0 Å². The minimum atomic E-state index is -1.27. The van der Waals surface area contributed by atoms with E-state index in [1.165, 1.54) is 37.7 Å². The number of aryl methyl sites for hydroxylation is 1. The number of hydrogen-bond donors (Lipinski definition) is 1. The molecule has 94 valence electrons. The summed E-state index contributed by atoms with van der Waals surface area (Å²) in [6.07, 6.45) is 6.12. The van der Waals surface area contributed by atoms with Crippen molar-refractivity contribution in [1.29, 1.82) is 0 Å². The van der Waals surface area contributed by atoms with Crippen LogP contribution in [0.15, 0.2) is 24.3 Å². The molecular weight excluding hydrogens is 216 g/mol. The number of carboxylic acid groups (broad SMARTS) is 1. The average molecular weight is 236 g/mol. The summed E-state index contributed by atoms with van der Waals surface area (Å²) in [7, 11) is 0. The third-order valence-electron chi connectivity index (χ3n) is 2.70. The van der Waals surface area contributed by atoms with E-state index in [1.54, 1.807) is 12.1 Å². The summed E-state index contributed by atoms with van der Waals surface area (Å²) >= 11 is 0. The Labute approximate surface area is 102 Å². The Hall–Kier alpha value is -1.51. The van der Waals surface area contributed by atoms with Gasteiger partial charge in [0.25, 0.3) is 0 Å². The molecule has 0 radical (unpaired) electrons. The molecule has 0 aliphatic rings. The summed E-state index contributed by atoms with van der Waals surface area (Å²) in [6.45, 7) is 2.21. The van der Waals surface area contributed by atoms with E-state index < -0.39 is 6.16 Å². The zero-order chi connectivity index (χ0) is 12.5. The van der Waals surface area contributed by atoms with Crippen LogP contribution in [0.4, 0.5) is 4.79 Å². The molecule has 0 saturated carbocycles. The Morgan fingerprint density at radius 2 is 1.76 bits per heavy atom. The van der Waals surface area contributed by atoms with E-state index in [2.05, 4.69) is 11.7 Å². The summed E-state index contributed by atoms with van der Waals surface area (Å²) in [4.78, 5) is 10.3. The fraction of sp³-hybridized carbons (Fsp3) is 0.500. The largest absolute Gasteiger partial charge is 0.511 e. The maximum atomic E-state index is 10.3. The van der Waals surface area contributed by atoms with E-state index in [9.17, 15) is 4.79 Å². The van der Waals surface area contributed by atoms with E-state index in [1.807, 2.05) is 12.1 Å². The first-order valence-corrected chi connectivity index (χ1v) is 6.22. The third kappa shape index (κ3) is 5.95. The number of ether oxygens (including phenoxy) is 1. The van der Waals surface area contributed by atoms with Gasteiger partial charge in [0, 0.05) is 0 Å². The fourth-order valence-electron chi connectivity index (χ4n) is 1.76. The summed E-state index contributed by atoms with van der Waals surface area (Å²) in [5.74, 6) is 0.382. The Balaban J connectivity index is 2.28. The van der Waals surface area contributed by atoms with Crippen LogP contribution in [-0.2, 0) is 6.42 Å². The monoisotopic (exact) mass is 236 g/mol. The molecule has 1 aromatic rings. The summed E-state index contributed by atoms with van der Waals surface area (Å²) in [5.41, 5.74) is 1.24. The molecule has 17 heavy (non-hydrogen) atoms. The molecule has 0 saturated heterocycles. The smallest absolute Gasteiger partial charge is 0.449 e. The van der Waals surface area contributed by atoms with Crippen LogP contribution in [0.3, 0.4) is 0 Å². The summed E-state index contributed by atoms with van der Waals surface area (Å²) < 4.78 is 4.54. The molecule has 1 aromatic carbocycles. The van der Waals surface area contributed by atoms with Gasteiger partial charge in [0.05, 0.1) is 0 Å². The second-order valence-electron chi connectivity index (χ2n) is 4.18. The van der Waals surface area contributed by atoms with Gasteiger partial charge < -0.3 is 9.84 Å². The lowest BCUT2D eigenvalue weighted by Gasteiger charge is -2.03. The van der Waals surface area contributed by atoms with Crippen LogP contribution in [0.25, 0.3) is 0 Å². The molecule has 0 heterocycles. The van der Waals surface area contributed by atoms with Crippen molar-refractivity contribution >= 4 is 6.16 Å². The third-order valence-corrected chi connectivity index (χ3v) is 2.70. The van der Waals surface area contributed by atoms with Crippen LogP contribution in [-0.4, -0.2) is 11.3 Å². The number of benzene rings is 1. The molecule has 0 unspecified atom stereocenters. The first kappa shape index (κ1) is 13.6. The van der Waals surface area contributed by atoms with Crippen LogP contribution >= 0.6 is 0 Å². The van der Waals surface area contributed by atoms with Gasteiger partial charge in [-0.25, -0.2) is 4.79 Å². The van der Waals surface area contributed by atoms with E-state index in [0.29, 0.717) is 5.75 Å². The Morgan fingerprint density at radius 1 is 1.12 bits per heavy atom. The van der Waals surface area contributed by atoms with Gasteiger partial charge in [-0.15, -0.1) is 0 Å². The topological polar surface area (TPSA) is 46.5 Å².